The largest absolute Gasteiger partial charge is 0.299 e. The van der Waals surface area contributed by atoms with Crippen molar-refractivity contribution < 1.29 is 0 Å². The van der Waals surface area contributed by atoms with Gasteiger partial charge < -0.3 is 0 Å². The van der Waals surface area contributed by atoms with Crippen LogP contribution in [0, 0.1) is 23.2 Å². The van der Waals surface area contributed by atoms with Crippen molar-refractivity contribution in [3.8, 4) is 6.07 Å². The molecule has 0 N–H and O–H groups in total. The lowest BCUT2D eigenvalue weighted by molar-refractivity contribution is 0.264. The summed E-state index contributed by atoms with van der Waals surface area (Å²) in [6.45, 7) is 7.80. The maximum atomic E-state index is 9.09. The molecule has 0 aliphatic carbocycles. The van der Waals surface area contributed by atoms with Gasteiger partial charge in [-0.3, -0.25) is 4.90 Å². The molecule has 1 aliphatic rings. The molecule has 1 unspecified atom stereocenters. The van der Waals surface area contributed by atoms with Gasteiger partial charge in [-0.05, 0) is 50.3 Å². The van der Waals surface area contributed by atoms with E-state index in [0.717, 1.165) is 37.0 Å². The minimum Gasteiger partial charge on any atom is -0.299 e. The topological polar surface area (TPSA) is 39.9 Å². The summed E-state index contributed by atoms with van der Waals surface area (Å²) < 4.78 is 0. The van der Waals surface area contributed by atoms with Gasteiger partial charge in [-0.2, -0.15) is 5.26 Å². The van der Waals surface area contributed by atoms with Gasteiger partial charge in [0.1, 0.15) is 11.8 Å². The molecule has 1 fully saturated rings. The normalized spacial score (nSPS) is 21.1. The molecule has 0 spiro atoms. The van der Waals surface area contributed by atoms with Gasteiger partial charge in [0, 0.05) is 18.3 Å². The van der Waals surface area contributed by atoms with Gasteiger partial charge >= 0.3 is 0 Å². The summed E-state index contributed by atoms with van der Waals surface area (Å²) in [6.07, 6.45) is 5.58. The van der Waals surface area contributed by atoms with E-state index in [2.05, 4.69) is 29.8 Å². The van der Waals surface area contributed by atoms with E-state index in [1.54, 1.807) is 6.20 Å². The average molecular weight is 257 g/mol. The SMILES string of the molecule is CC(C)C1CCCN(Cc2cccnc2C#N)CC1. The zero-order chi connectivity index (χ0) is 13.7. The van der Waals surface area contributed by atoms with Crippen LogP contribution in [0.4, 0.5) is 0 Å². The molecule has 0 radical (unpaired) electrons. The molecule has 2 heterocycles. The lowest BCUT2D eigenvalue weighted by Gasteiger charge is -2.21. The van der Waals surface area contributed by atoms with Crippen LogP contribution in [0.1, 0.15) is 44.4 Å². The van der Waals surface area contributed by atoms with Crippen molar-refractivity contribution in [1.29, 1.82) is 5.26 Å². The molecule has 0 saturated carbocycles. The number of nitriles is 1. The molecule has 0 bridgehead atoms. The lowest BCUT2D eigenvalue weighted by Crippen LogP contribution is -2.25. The number of likely N-dealkylation sites (tertiary alicyclic amines) is 1. The Morgan fingerprint density at radius 3 is 3.00 bits per heavy atom. The molecule has 2 rings (SSSR count). The number of hydrogen-bond donors (Lipinski definition) is 0. The van der Waals surface area contributed by atoms with Crippen LogP contribution in [0.2, 0.25) is 0 Å². The van der Waals surface area contributed by atoms with E-state index in [-0.39, 0.29) is 0 Å². The van der Waals surface area contributed by atoms with Gasteiger partial charge in [0.25, 0.3) is 0 Å². The first-order valence-electron chi connectivity index (χ1n) is 7.27. The van der Waals surface area contributed by atoms with Crippen molar-refractivity contribution in [2.75, 3.05) is 13.1 Å². The summed E-state index contributed by atoms with van der Waals surface area (Å²) in [5.41, 5.74) is 1.64. The van der Waals surface area contributed by atoms with Crippen molar-refractivity contribution in [3.63, 3.8) is 0 Å². The third-order valence-electron chi connectivity index (χ3n) is 4.20. The fourth-order valence-electron chi connectivity index (χ4n) is 2.91. The van der Waals surface area contributed by atoms with Gasteiger partial charge in [-0.1, -0.05) is 19.9 Å². The molecule has 1 aromatic rings. The first-order valence-corrected chi connectivity index (χ1v) is 7.27. The van der Waals surface area contributed by atoms with Crippen LogP contribution in [0.3, 0.4) is 0 Å². The molecule has 0 aromatic carbocycles. The summed E-state index contributed by atoms with van der Waals surface area (Å²) in [5, 5.41) is 9.09. The summed E-state index contributed by atoms with van der Waals surface area (Å²) in [6, 6.07) is 6.14. The van der Waals surface area contributed by atoms with E-state index in [1.807, 2.05) is 12.1 Å². The summed E-state index contributed by atoms with van der Waals surface area (Å²) >= 11 is 0. The Labute approximate surface area is 116 Å². The second kappa shape index (κ2) is 6.68. The van der Waals surface area contributed by atoms with Crippen molar-refractivity contribution in [2.45, 2.75) is 39.7 Å². The number of aromatic nitrogens is 1. The number of hydrogen-bond acceptors (Lipinski definition) is 3. The predicted molar refractivity (Wildman–Crippen MR) is 76.4 cm³/mol. The highest BCUT2D eigenvalue weighted by atomic mass is 15.1. The number of nitrogens with zero attached hydrogens (tertiary/aromatic N) is 3. The Morgan fingerprint density at radius 2 is 2.26 bits per heavy atom. The van der Waals surface area contributed by atoms with Crippen molar-refractivity contribution in [2.24, 2.45) is 11.8 Å². The Kier molecular flexibility index (Phi) is 4.93. The molecule has 3 heteroatoms. The third kappa shape index (κ3) is 3.78. The van der Waals surface area contributed by atoms with Crippen LogP contribution in [-0.4, -0.2) is 23.0 Å². The highest BCUT2D eigenvalue weighted by Crippen LogP contribution is 2.25. The summed E-state index contributed by atoms with van der Waals surface area (Å²) in [5.74, 6) is 1.64. The van der Waals surface area contributed by atoms with E-state index in [9.17, 15) is 0 Å². The molecule has 0 amide bonds. The molecule has 102 valence electrons. The molecule has 3 nitrogen and oxygen atoms in total. The summed E-state index contributed by atoms with van der Waals surface area (Å²) in [4.78, 5) is 6.61. The van der Waals surface area contributed by atoms with Gasteiger partial charge in [0.2, 0.25) is 0 Å². The van der Waals surface area contributed by atoms with E-state index in [4.69, 9.17) is 5.26 Å². The Balaban J connectivity index is 1.98. The van der Waals surface area contributed by atoms with E-state index in [0.29, 0.717) is 5.69 Å². The molecule has 1 saturated heterocycles. The van der Waals surface area contributed by atoms with E-state index >= 15 is 0 Å². The minimum absolute atomic E-state index is 0.576. The van der Waals surface area contributed by atoms with Crippen LogP contribution in [0.15, 0.2) is 18.3 Å². The van der Waals surface area contributed by atoms with Crippen LogP contribution in [0.5, 0.6) is 0 Å². The van der Waals surface area contributed by atoms with Crippen LogP contribution >= 0.6 is 0 Å². The van der Waals surface area contributed by atoms with Crippen molar-refractivity contribution in [3.05, 3.63) is 29.6 Å². The highest BCUT2D eigenvalue weighted by molar-refractivity contribution is 5.30. The lowest BCUT2D eigenvalue weighted by atomic mass is 9.89. The minimum atomic E-state index is 0.576. The fourth-order valence-corrected chi connectivity index (χ4v) is 2.91. The standard InChI is InChI=1S/C16H23N3/c1-13(2)14-6-4-9-19(10-7-14)12-15-5-3-8-18-16(15)11-17/h3,5,8,13-14H,4,6-7,9-10,12H2,1-2H3. The monoisotopic (exact) mass is 257 g/mol. The fraction of sp³-hybridized carbons (Fsp3) is 0.625. The smallest absolute Gasteiger partial charge is 0.144 e. The van der Waals surface area contributed by atoms with Gasteiger partial charge in [0.15, 0.2) is 0 Å². The second-order valence-corrected chi connectivity index (χ2v) is 5.83. The Hall–Kier alpha value is -1.40. The van der Waals surface area contributed by atoms with Crippen LogP contribution in [0.25, 0.3) is 0 Å². The first-order chi connectivity index (χ1) is 9.20. The Bertz CT molecular complexity index is 448. The number of pyridine rings is 1. The van der Waals surface area contributed by atoms with Gasteiger partial charge in [0.05, 0.1) is 0 Å². The Morgan fingerprint density at radius 1 is 1.42 bits per heavy atom. The van der Waals surface area contributed by atoms with E-state index < -0.39 is 0 Å². The van der Waals surface area contributed by atoms with Gasteiger partial charge in [-0.25, -0.2) is 4.98 Å². The van der Waals surface area contributed by atoms with Crippen molar-refractivity contribution >= 4 is 0 Å². The molecular weight excluding hydrogens is 234 g/mol. The summed E-state index contributed by atoms with van der Waals surface area (Å²) in [7, 11) is 0. The molecule has 1 aliphatic heterocycles. The molecule has 19 heavy (non-hydrogen) atoms. The quantitative estimate of drug-likeness (QED) is 0.834. The highest BCUT2D eigenvalue weighted by Gasteiger charge is 2.20. The third-order valence-corrected chi connectivity index (χ3v) is 4.20. The van der Waals surface area contributed by atoms with Gasteiger partial charge in [-0.15, -0.1) is 0 Å². The first kappa shape index (κ1) is 14.0. The average Bonchev–Trinajstić information content (AvgIpc) is 2.65. The maximum Gasteiger partial charge on any atom is 0.144 e. The molecule has 1 aromatic heterocycles. The van der Waals surface area contributed by atoms with Crippen molar-refractivity contribution in [1.82, 2.24) is 9.88 Å². The zero-order valence-electron chi connectivity index (χ0n) is 12.0. The molecular formula is C16H23N3. The molecule has 1 atom stereocenters. The van der Waals surface area contributed by atoms with Crippen LogP contribution in [-0.2, 0) is 6.54 Å². The van der Waals surface area contributed by atoms with E-state index in [1.165, 1.54) is 19.3 Å². The predicted octanol–water partition coefficient (Wildman–Crippen LogP) is 3.21. The van der Waals surface area contributed by atoms with Crippen LogP contribution < -0.4 is 0 Å². The number of rotatable bonds is 3. The second-order valence-electron chi connectivity index (χ2n) is 5.83. The zero-order valence-corrected chi connectivity index (χ0v) is 12.0. The maximum absolute atomic E-state index is 9.09.